The largest absolute Gasteiger partial charge is 0.353 e. The first-order chi connectivity index (χ1) is 13.5. The number of thiazole rings is 1. The van der Waals surface area contributed by atoms with Crippen LogP contribution in [0.1, 0.15) is 24.6 Å². The van der Waals surface area contributed by atoms with Crippen LogP contribution in [0.25, 0.3) is 11.3 Å². The van der Waals surface area contributed by atoms with Gasteiger partial charge in [0.25, 0.3) is 0 Å². The molecule has 3 heterocycles. The van der Waals surface area contributed by atoms with Crippen molar-refractivity contribution in [1.82, 2.24) is 14.5 Å². The van der Waals surface area contributed by atoms with E-state index in [0.717, 1.165) is 31.5 Å². The van der Waals surface area contributed by atoms with Crippen LogP contribution in [0, 0.1) is 11.6 Å². The lowest BCUT2D eigenvalue weighted by atomic mass is 10.1. The maximum atomic E-state index is 13.4. The van der Waals surface area contributed by atoms with E-state index in [2.05, 4.69) is 25.8 Å². The fourth-order valence-corrected chi connectivity index (χ4v) is 4.37. The molecule has 2 aromatic heterocycles. The number of nitrogens with one attached hydrogen (secondary N) is 1. The van der Waals surface area contributed by atoms with E-state index in [1.165, 1.54) is 23.1 Å². The summed E-state index contributed by atoms with van der Waals surface area (Å²) in [5.41, 5.74) is 2.18. The first-order valence-corrected chi connectivity index (χ1v) is 9.95. The molecule has 1 N–H and O–H groups in total. The number of rotatable bonds is 5. The van der Waals surface area contributed by atoms with Crippen LogP contribution in [0.5, 0.6) is 0 Å². The zero-order valence-electron chi connectivity index (χ0n) is 15.4. The molecule has 1 aliphatic heterocycles. The summed E-state index contributed by atoms with van der Waals surface area (Å²) in [5, 5.41) is 4.97. The highest BCUT2D eigenvalue weighted by Crippen LogP contribution is 2.32. The highest BCUT2D eigenvalue weighted by molar-refractivity contribution is 7.14. The molecule has 0 spiro atoms. The Balaban J connectivity index is 1.41. The van der Waals surface area contributed by atoms with Gasteiger partial charge in [-0.05, 0) is 49.7 Å². The van der Waals surface area contributed by atoms with Crippen molar-refractivity contribution in [2.75, 3.05) is 18.4 Å². The molecule has 1 atom stereocenters. The number of hydrogen-bond donors (Lipinski definition) is 1. The van der Waals surface area contributed by atoms with Crippen molar-refractivity contribution in [3.63, 3.8) is 0 Å². The second-order valence-electron chi connectivity index (χ2n) is 6.89. The molecular formula is C20H20F2N4OS. The summed E-state index contributed by atoms with van der Waals surface area (Å²) in [6.45, 7) is 1.16. The Kier molecular flexibility index (Phi) is 5.23. The number of halogens is 2. The van der Waals surface area contributed by atoms with Gasteiger partial charge in [-0.25, -0.2) is 13.8 Å². The highest BCUT2D eigenvalue weighted by atomic mass is 32.1. The molecule has 8 heteroatoms. The van der Waals surface area contributed by atoms with E-state index in [0.29, 0.717) is 16.4 Å². The average molecular weight is 402 g/mol. The SMILES string of the molecule is Cn1cccc1[C@H]1CCCN1CC(=O)Nc1nc(-c2ccc(F)c(F)c2)cs1. The summed E-state index contributed by atoms with van der Waals surface area (Å²) >= 11 is 1.26. The minimum absolute atomic E-state index is 0.132. The number of benzene rings is 1. The van der Waals surface area contributed by atoms with E-state index in [1.807, 2.05) is 19.3 Å². The Morgan fingerprint density at radius 2 is 2.18 bits per heavy atom. The van der Waals surface area contributed by atoms with Crippen LogP contribution in [0.3, 0.4) is 0 Å². The minimum atomic E-state index is -0.920. The minimum Gasteiger partial charge on any atom is -0.353 e. The molecule has 1 amide bonds. The Morgan fingerprint density at radius 3 is 2.93 bits per heavy atom. The number of hydrogen-bond acceptors (Lipinski definition) is 4. The lowest BCUT2D eigenvalue weighted by Gasteiger charge is -2.24. The number of nitrogens with zero attached hydrogens (tertiary/aromatic N) is 3. The van der Waals surface area contributed by atoms with Gasteiger partial charge in [-0.2, -0.15) is 0 Å². The molecule has 0 saturated carbocycles. The predicted molar refractivity (Wildman–Crippen MR) is 105 cm³/mol. The molecule has 1 aromatic carbocycles. The summed E-state index contributed by atoms with van der Waals surface area (Å²) in [6.07, 6.45) is 4.10. The van der Waals surface area contributed by atoms with Crippen LogP contribution in [0.2, 0.25) is 0 Å². The number of carbonyl (C=O) groups excluding carboxylic acids is 1. The zero-order chi connectivity index (χ0) is 19.7. The van der Waals surface area contributed by atoms with E-state index < -0.39 is 11.6 Å². The molecule has 1 fully saturated rings. The third-order valence-corrected chi connectivity index (χ3v) is 5.76. The zero-order valence-corrected chi connectivity index (χ0v) is 16.2. The quantitative estimate of drug-likeness (QED) is 0.696. The van der Waals surface area contributed by atoms with Gasteiger partial charge in [0, 0.05) is 29.9 Å². The predicted octanol–water partition coefficient (Wildman–Crippen LogP) is 4.20. The van der Waals surface area contributed by atoms with E-state index >= 15 is 0 Å². The number of aryl methyl sites for hydroxylation is 1. The summed E-state index contributed by atoms with van der Waals surface area (Å²) in [4.78, 5) is 19.0. The molecular weight excluding hydrogens is 382 g/mol. The van der Waals surface area contributed by atoms with Crippen LogP contribution < -0.4 is 5.32 Å². The lowest BCUT2D eigenvalue weighted by Crippen LogP contribution is -2.33. The molecule has 146 valence electrons. The van der Waals surface area contributed by atoms with Gasteiger partial charge >= 0.3 is 0 Å². The third kappa shape index (κ3) is 3.83. The maximum Gasteiger partial charge on any atom is 0.240 e. The van der Waals surface area contributed by atoms with Crippen molar-refractivity contribution >= 4 is 22.4 Å². The van der Waals surface area contributed by atoms with E-state index in [4.69, 9.17) is 0 Å². The second-order valence-corrected chi connectivity index (χ2v) is 7.75. The molecule has 1 saturated heterocycles. The van der Waals surface area contributed by atoms with Gasteiger partial charge in [0.1, 0.15) is 0 Å². The highest BCUT2D eigenvalue weighted by Gasteiger charge is 2.29. The Bertz CT molecular complexity index is 1000. The maximum absolute atomic E-state index is 13.4. The van der Waals surface area contributed by atoms with Crippen LogP contribution in [0.4, 0.5) is 13.9 Å². The van der Waals surface area contributed by atoms with Crippen molar-refractivity contribution < 1.29 is 13.6 Å². The molecule has 4 rings (SSSR count). The first kappa shape index (κ1) is 18.8. The standard InChI is InChI=1S/C20H20F2N4OS/c1-25-8-2-4-17(25)18-5-3-9-26(18)11-19(27)24-20-23-16(12-28-20)13-6-7-14(21)15(22)10-13/h2,4,6-8,10,12,18H,3,5,9,11H2,1H3,(H,23,24,27)/t18-/m1/s1. The number of carbonyl (C=O) groups is 1. The van der Waals surface area contributed by atoms with Gasteiger partial charge in [0.2, 0.25) is 5.91 Å². The summed E-state index contributed by atoms with van der Waals surface area (Å²) in [5.74, 6) is -1.95. The van der Waals surface area contributed by atoms with E-state index in [-0.39, 0.29) is 18.5 Å². The van der Waals surface area contributed by atoms with Gasteiger partial charge in [0.05, 0.1) is 18.3 Å². The summed E-state index contributed by atoms with van der Waals surface area (Å²) in [6, 6.07) is 7.98. The monoisotopic (exact) mass is 402 g/mol. The normalized spacial score (nSPS) is 17.2. The Labute approximate surface area is 165 Å². The molecule has 0 bridgehead atoms. The van der Waals surface area contributed by atoms with Crippen molar-refractivity contribution in [2.24, 2.45) is 7.05 Å². The number of likely N-dealkylation sites (tertiary alicyclic amines) is 1. The molecule has 0 unspecified atom stereocenters. The number of amides is 1. The van der Waals surface area contributed by atoms with E-state index in [9.17, 15) is 13.6 Å². The number of anilines is 1. The van der Waals surface area contributed by atoms with Crippen molar-refractivity contribution in [3.05, 3.63) is 59.2 Å². The molecule has 3 aromatic rings. The van der Waals surface area contributed by atoms with Crippen LogP contribution in [-0.2, 0) is 11.8 Å². The Morgan fingerprint density at radius 1 is 1.32 bits per heavy atom. The van der Waals surface area contributed by atoms with Crippen molar-refractivity contribution in [1.29, 1.82) is 0 Å². The van der Waals surface area contributed by atoms with Gasteiger partial charge in [-0.15, -0.1) is 11.3 Å². The molecule has 0 radical (unpaired) electrons. The van der Waals surface area contributed by atoms with Crippen LogP contribution in [0.15, 0.2) is 41.9 Å². The smallest absolute Gasteiger partial charge is 0.240 e. The first-order valence-electron chi connectivity index (χ1n) is 9.07. The van der Waals surface area contributed by atoms with Crippen molar-refractivity contribution in [2.45, 2.75) is 18.9 Å². The molecule has 1 aliphatic rings. The fraction of sp³-hybridized carbons (Fsp3) is 0.300. The van der Waals surface area contributed by atoms with Gasteiger partial charge in [-0.3, -0.25) is 9.69 Å². The van der Waals surface area contributed by atoms with Crippen LogP contribution >= 0.6 is 11.3 Å². The molecule has 5 nitrogen and oxygen atoms in total. The Hall–Kier alpha value is -2.58. The van der Waals surface area contributed by atoms with Crippen LogP contribution in [-0.4, -0.2) is 33.4 Å². The fourth-order valence-electron chi connectivity index (χ4n) is 3.63. The average Bonchev–Trinajstić information content (AvgIpc) is 3.39. The summed E-state index contributed by atoms with van der Waals surface area (Å²) < 4.78 is 28.6. The van der Waals surface area contributed by atoms with Gasteiger partial charge < -0.3 is 9.88 Å². The molecule has 28 heavy (non-hydrogen) atoms. The van der Waals surface area contributed by atoms with Crippen molar-refractivity contribution in [3.8, 4) is 11.3 Å². The topological polar surface area (TPSA) is 50.2 Å². The lowest BCUT2D eigenvalue weighted by molar-refractivity contribution is -0.117. The van der Waals surface area contributed by atoms with Gasteiger partial charge in [0.15, 0.2) is 16.8 Å². The number of aromatic nitrogens is 2. The second kappa shape index (κ2) is 7.81. The van der Waals surface area contributed by atoms with Gasteiger partial charge in [-0.1, -0.05) is 0 Å². The summed E-state index contributed by atoms with van der Waals surface area (Å²) in [7, 11) is 2.02. The molecule has 0 aliphatic carbocycles. The van der Waals surface area contributed by atoms with E-state index in [1.54, 1.807) is 5.38 Å². The third-order valence-electron chi connectivity index (χ3n) is 5.00.